The molecule has 0 unspecified atom stereocenters. The molecule has 0 aliphatic heterocycles. The van der Waals surface area contributed by atoms with Crippen molar-refractivity contribution in [1.29, 1.82) is 0 Å². The Morgan fingerprint density at radius 2 is 1.92 bits per heavy atom. The van der Waals surface area contributed by atoms with Crippen LogP contribution in [-0.2, 0) is 13.1 Å². The topological polar surface area (TPSA) is 87.1 Å². The average Bonchev–Trinajstić information content (AvgIpc) is 3.28. The number of benzene rings is 1. The zero-order valence-corrected chi connectivity index (χ0v) is 14.1. The van der Waals surface area contributed by atoms with Gasteiger partial charge < -0.3 is 10.6 Å². The summed E-state index contributed by atoms with van der Waals surface area (Å²) in [5.41, 5.74) is 1.43. The van der Waals surface area contributed by atoms with Crippen molar-refractivity contribution >= 4 is 28.8 Å². The van der Waals surface area contributed by atoms with Crippen LogP contribution in [0.5, 0.6) is 0 Å². The summed E-state index contributed by atoms with van der Waals surface area (Å²) in [7, 11) is 0. The van der Waals surface area contributed by atoms with Crippen molar-refractivity contribution in [3.63, 3.8) is 0 Å². The van der Waals surface area contributed by atoms with Crippen LogP contribution in [0, 0.1) is 0 Å². The normalized spacial score (nSPS) is 10.9. The fraction of sp³-hybridized carbons (Fsp3) is 0.118. The Labute approximate surface area is 147 Å². The molecular formula is C17H16N6OS. The molecule has 0 amide bonds. The molecule has 0 aliphatic rings. The van der Waals surface area contributed by atoms with Gasteiger partial charge >= 0.3 is 0 Å². The van der Waals surface area contributed by atoms with Crippen molar-refractivity contribution in [2.45, 2.75) is 13.1 Å². The summed E-state index contributed by atoms with van der Waals surface area (Å²) in [5, 5.41) is 11.4. The zero-order chi connectivity index (χ0) is 17.1. The van der Waals surface area contributed by atoms with Gasteiger partial charge in [0, 0.05) is 16.6 Å². The summed E-state index contributed by atoms with van der Waals surface area (Å²) < 4.78 is 1.34. The summed E-state index contributed by atoms with van der Waals surface area (Å²) in [5.74, 6) is 0.872. The molecule has 3 heterocycles. The number of H-pyrrole nitrogens is 1. The van der Waals surface area contributed by atoms with Crippen molar-refractivity contribution < 1.29 is 0 Å². The Bertz CT molecular complexity index is 1020. The Morgan fingerprint density at radius 1 is 1.04 bits per heavy atom. The van der Waals surface area contributed by atoms with E-state index in [1.54, 1.807) is 11.3 Å². The van der Waals surface area contributed by atoms with Crippen molar-refractivity contribution in [3.05, 3.63) is 74.8 Å². The number of thiophene rings is 1. The van der Waals surface area contributed by atoms with E-state index in [1.165, 1.54) is 15.5 Å². The van der Waals surface area contributed by atoms with E-state index in [1.807, 2.05) is 47.8 Å². The molecule has 4 aromatic rings. The summed E-state index contributed by atoms with van der Waals surface area (Å²) in [6, 6.07) is 15.3. The van der Waals surface area contributed by atoms with E-state index in [4.69, 9.17) is 0 Å². The molecule has 0 saturated carbocycles. The molecule has 8 heteroatoms. The molecule has 25 heavy (non-hydrogen) atoms. The van der Waals surface area contributed by atoms with Crippen LogP contribution < -0.4 is 16.2 Å². The molecule has 126 valence electrons. The SMILES string of the molecule is O=c1cc(CNc2ccccc2)nc2nc(NCc3cccs3)[nH]n12. The number of rotatable bonds is 6. The summed E-state index contributed by atoms with van der Waals surface area (Å²) in [6.07, 6.45) is 0. The standard InChI is InChI=1S/C17H16N6OS/c24-15-9-13(10-18-12-5-2-1-3-6-12)20-17-21-16(22-23(15)17)19-11-14-7-4-8-25-14/h1-9,18H,10-11H2,(H2,19,20,21,22). The van der Waals surface area contributed by atoms with Crippen LogP contribution >= 0.6 is 11.3 Å². The van der Waals surface area contributed by atoms with Gasteiger partial charge in [-0.2, -0.15) is 9.50 Å². The first kappa shape index (κ1) is 15.4. The van der Waals surface area contributed by atoms with Crippen LogP contribution in [-0.4, -0.2) is 19.6 Å². The smallest absolute Gasteiger partial charge is 0.274 e. The second kappa shape index (κ2) is 6.78. The third kappa shape index (κ3) is 3.53. The molecule has 0 fully saturated rings. The van der Waals surface area contributed by atoms with Crippen molar-refractivity contribution in [2.24, 2.45) is 0 Å². The molecule has 3 aromatic heterocycles. The minimum atomic E-state index is -0.188. The maximum Gasteiger partial charge on any atom is 0.274 e. The molecule has 4 rings (SSSR count). The second-order valence-corrected chi connectivity index (χ2v) is 6.48. The van der Waals surface area contributed by atoms with E-state index in [0.717, 1.165) is 5.69 Å². The van der Waals surface area contributed by atoms with Gasteiger partial charge in [-0.25, -0.2) is 4.98 Å². The molecular weight excluding hydrogens is 336 g/mol. The third-order valence-electron chi connectivity index (χ3n) is 3.64. The Balaban J connectivity index is 1.51. The van der Waals surface area contributed by atoms with E-state index in [2.05, 4.69) is 25.7 Å². The van der Waals surface area contributed by atoms with Crippen molar-refractivity contribution in [1.82, 2.24) is 19.6 Å². The average molecular weight is 352 g/mol. The first-order chi connectivity index (χ1) is 12.3. The van der Waals surface area contributed by atoms with E-state index < -0.39 is 0 Å². The van der Waals surface area contributed by atoms with Crippen LogP contribution in [0.2, 0.25) is 0 Å². The lowest BCUT2D eigenvalue weighted by Crippen LogP contribution is -2.17. The largest absolute Gasteiger partial charge is 0.379 e. The van der Waals surface area contributed by atoms with Crippen LogP contribution in [0.25, 0.3) is 5.78 Å². The quantitative estimate of drug-likeness (QED) is 0.497. The molecule has 0 saturated heterocycles. The highest BCUT2D eigenvalue weighted by Gasteiger charge is 2.08. The predicted molar refractivity (Wildman–Crippen MR) is 99.0 cm³/mol. The Kier molecular flexibility index (Phi) is 4.17. The van der Waals surface area contributed by atoms with Gasteiger partial charge in [0.1, 0.15) is 0 Å². The maximum atomic E-state index is 12.3. The Hall–Kier alpha value is -3.13. The number of aromatic nitrogens is 4. The van der Waals surface area contributed by atoms with E-state index in [9.17, 15) is 4.79 Å². The molecule has 1 aromatic carbocycles. The van der Waals surface area contributed by atoms with E-state index in [0.29, 0.717) is 30.5 Å². The van der Waals surface area contributed by atoms with Gasteiger partial charge in [0.25, 0.3) is 11.3 Å². The monoisotopic (exact) mass is 352 g/mol. The number of anilines is 2. The number of hydrogen-bond donors (Lipinski definition) is 3. The van der Waals surface area contributed by atoms with Gasteiger partial charge in [-0.15, -0.1) is 11.3 Å². The minimum absolute atomic E-state index is 0.188. The Morgan fingerprint density at radius 3 is 2.72 bits per heavy atom. The summed E-state index contributed by atoms with van der Waals surface area (Å²) in [6.45, 7) is 1.11. The fourth-order valence-corrected chi connectivity index (χ4v) is 3.07. The minimum Gasteiger partial charge on any atom is -0.379 e. The molecule has 0 radical (unpaired) electrons. The number of hydrogen-bond acceptors (Lipinski definition) is 6. The number of fused-ring (bicyclic) bond motifs is 1. The van der Waals surface area contributed by atoms with E-state index in [-0.39, 0.29) is 5.56 Å². The van der Waals surface area contributed by atoms with Crippen LogP contribution in [0.15, 0.2) is 58.7 Å². The van der Waals surface area contributed by atoms with Crippen LogP contribution in [0.4, 0.5) is 11.6 Å². The van der Waals surface area contributed by atoms with Crippen LogP contribution in [0.3, 0.4) is 0 Å². The molecule has 0 aliphatic carbocycles. The highest BCUT2D eigenvalue weighted by molar-refractivity contribution is 7.09. The lowest BCUT2D eigenvalue weighted by Gasteiger charge is -2.05. The molecule has 0 bridgehead atoms. The number of nitrogens with zero attached hydrogens (tertiary/aromatic N) is 3. The lowest BCUT2D eigenvalue weighted by atomic mass is 10.3. The predicted octanol–water partition coefficient (Wildman–Crippen LogP) is 2.70. The van der Waals surface area contributed by atoms with Gasteiger partial charge in [-0.1, -0.05) is 24.3 Å². The van der Waals surface area contributed by atoms with Crippen molar-refractivity contribution in [2.75, 3.05) is 10.6 Å². The van der Waals surface area contributed by atoms with Gasteiger partial charge in [0.05, 0.1) is 18.8 Å². The number of para-hydroxylation sites is 1. The highest BCUT2D eigenvalue weighted by atomic mass is 32.1. The lowest BCUT2D eigenvalue weighted by molar-refractivity contribution is 0.875. The third-order valence-corrected chi connectivity index (χ3v) is 4.52. The van der Waals surface area contributed by atoms with Crippen molar-refractivity contribution in [3.8, 4) is 0 Å². The van der Waals surface area contributed by atoms with Gasteiger partial charge in [-0.3, -0.25) is 9.89 Å². The maximum absolute atomic E-state index is 12.3. The number of nitrogens with one attached hydrogen (secondary N) is 3. The van der Waals surface area contributed by atoms with Crippen LogP contribution in [0.1, 0.15) is 10.6 Å². The molecule has 0 atom stereocenters. The van der Waals surface area contributed by atoms with Gasteiger partial charge in [-0.05, 0) is 23.6 Å². The zero-order valence-electron chi connectivity index (χ0n) is 13.3. The van der Waals surface area contributed by atoms with Gasteiger partial charge in [0.15, 0.2) is 0 Å². The van der Waals surface area contributed by atoms with E-state index >= 15 is 0 Å². The highest BCUT2D eigenvalue weighted by Crippen LogP contribution is 2.11. The molecule has 7 nitrogen and oxygen atoms in total. The number of aromatic amines is 1. The first-order valence-corrected chi connectivity index (χ1v) is 8.70. The van der Waals surface area contributed by atoms with Gasteiger partial charge in [0.2, 0.25) is 5.95 Å². The molecule has 0 spiro atoms. The first-order valence-electron chi connectivity index (χ1n) is 7.82. The summed E-state index contributed by atoms with van der Waals surface area (Å²) in [4.78, 5) is 22.2. The summed E-state index contributed by atoms with van der Waals surface area (Å²) >= 11 is 1.66. The fourth-order valence-electron chi connectivity index (χ4n) is 2.43. The second-order valence-electron chi connectivity index (χ2n) is 5.45. The molecule has 3 N–H and O–H groups in total.